The van der Waals surface area contributed by atoms with Crippen LogP contribution in [0.4, 0.5) is 13.2 Å². The first-order chi connectivity index (χ1) is 14.1. The number of carbonyl (C=O) groups is 1. The van der Waals surface area contributed by atoms with Crippen LogP contribution in [0.5, 0.6) is 0 Å². The minimum atomic E-state index is -4.44. The van der Waals surface area contributed by atoms with E-state index in [-0.39, 0.29) is 11.7 Å². The van der Waals surface area contributed by atoms with E-state index in [4.69, 9.17) is 16.6 Å². The van der Waals surface area contributed by atoms with Crippen LogP contribution in [0.2, 0.25) is 0 Å². The second-order valence-electron chi connectivity index (χ2n) is 6.70. The summed E-state index contributed by atoms with van der Waals surface area (Å²) in [4.78, 5) is 13.3. The van der Waals surface area contributed by atoms with E-state index in [0.29, 0.717) is 20.5 Å². The number of aromatic nitrogens is 1. The van der Waals surface area contributed by atoms with Gasteiger partial charge in [0.1, 0.15) is 11.5 Å². The molecule has 0 unspecified atom stereocenters. The number of hydrogen-bond acceptors (Lipinski definition) is 4. The molecule has 1 aromatic carbocycles. The lowest BCUT2D eigenvalue weighted by Crippen LogP contribution is -2.39. The number of halogens is 3. The van der Waals surface area contributed by atoms with E-state index in [9.17, 15) is 18.0 Å². The van der Waals surface area contributed by atoms with Crippen molar-refractivity contribution < 1.29 is 22.4 Å². The number of rotatable bonds is 3. The van der Waals surface area contributed by atoms with Gasteiger partial charge in [0.25, 0.3) is 5.91 Å². The Hall–Kier alpha value is -2.78. The lowest BCUT2D eigenvalue weighted by atomic mass is 10.1. The van der Waals surface area contributed by atoms with Crippen LogP contribution in [-0.2, 0) is 11.0 Å². The van der Waals surface area contributed by atoms with Crippen molar-refractivity contribution in [2.75, 3.05) is 5.01 Å². The average Bonchev–Trinajstić information content (AvgIpc) is 3.35. The summed E-state index contributed by atoms with van der Waals surface area (Å²) < 4.78 is 46.7. The quantitative estimate of drug-likeness (QED) is 0.368. The van der Waals surface area contributed by atoms with Crippen molar-refractivity contribution in [3.05, 3.63) is 76.1 Å². The molecule has 3 aromatic rings. The van der Waals surface area contributed by atoms with Gasteiger partial charge in [-0.05, 0) is 62.5 Å². The number of carbonyl (C=O) groups excluding carboxylic acids is 1. The summed E-state index contributed by atoms with van der Waals surface area (Å²) in [5.74, 6) is 0.341. The van der Waals surface area contributed by atoms with Crippen molar-refractivity contribution >= 4 is 40.3 Å². The second-order valence-corrected chi connectivity index (χ2v) is 8.38. The molecule has 0 saturated carbocycles. The number of alkyl halides is 3. The van der Waals surface area contributed by atoms with E-state index in [2.05, 4.69) is 0 Å². The Balaban J connectivity index is 1.62. The molecule has 1 aliphatic rings. The van der Waals surface area contributed by atoms with E-state index in [1.165, 1.54) is 17.1 Å². The number of thioether (sulfide) groups is 1. The standard InChI is InChI=1S/C21H15F3N2O2S2/c1-12-6-7-13(2)25(12)26-19(27)18(30-20(26)29)11-16-8-9-17(28-16)14-4-3-5-15(10-14)21(22,23)24/h3-11H,1-2H3/b18-11+. The molecule has 2 aromatic heterocycles. The van der Waals surface area contributed by atoms with Crippen molar-refractivity contribution in [3.63, 3.8) is 0 Å². The highest BCUT2D eigenvalue weighted by molar-refractivity contribution is 8.27. The number of hydrogen-bond donors (Lipinski definition) is 0. The highest BCUT2D eigenvalue weighted by Crippen LogP contribution is 2.35. The SMILES string of the molecule is Cc1ccc(C)n1N1C(=O)/C(=C\c2ccc(-c3cccc(C(F)(F)F)c3)o2)SC1=S. The zero-order valence-corrected chi connectivity index (χ0v) is 17.5. The fraction of sp³-hybridized carbons (Fsp3) is 0.143. The first-order valence-corrected chi connectivity index (χ1v) is 10.1. The summed E-state index contributed by atoms with van der Waals surface area (Å²) in [6.45, 7) is 3.76. The summed E-state index contributed by atoms with van der Waals surface area (Å²) >= 11 is 6.52. The smallest absolute Gasteiger partial charge is 0.416 e. The maximum Gasteiger partial charge on any atom is 0.416 e. The number of amides is 1. The van der Waals surface area contributed by atoms with Crippen LogP contribution in [0.15, 0.2) is 57.9 Å². The van der Waals surface area contributed by atoms with Crippen molar-refractivity contribution in [1.29, 1.82) is 0 Å². The third-order valence-corrected chi connectivity index (χ3v) is 5.86. The average molecular weight is 448 g/mol. The second kappa shape index (κ2) is 7.48. The highest BCUT2D eigenvalue weighted by atomic mass is 32.2. The third-order valence-electron chi connectivity index (χ3n) is 4.58. The Morgan fingerprint density at radius 3 is 2.43 bits per heavy atom. The van der Waals surface area contributed by atoms with Gasteiger partial charge in [0.15, 0.2) is 4.32 Å². The monoisotopic (exact) mass is 448 g/mol. The van der Waals surface area contributed by atoms with Gasteiger partial charge in [0.05, 0.1) is 10.5 Å². The molecule has 1 saturated heterocycles. The Kier molecular flexibility index (Phi) is 5.11. The zero-order chi connectivity index (χ0) is 21.6. The van der Waals surface area contributed by atoms with Gasteiger partial charge in [-0.3, -0.25) is 9.47 Å². The molecule has 0 aliphatic carbocycles. The van der Waals surface area contributed by atoms with Crippen molar-refractivity contribution in [2.24, 2.45) is 0 Å². The van der Waals surface area contributed by atoms with E-state index < -0.39 is 11.7 Å². The molecule has 1 aliphatic heterocycles. The molecule has 154 valence electrons. The van der Waals surface area contributed by atoms with E-state index in [1.54, 1.807) is 22.9 Å². The predicted molar refractivity (Wildman–Crippen MR) is 114 cm³/mol. The van der Waals surface area contributed by atoms with Crippen molar-refractivity contribution in [1.82, 2.24) is 4.68 Å². The fourth-order valence-electron chi connectivity index (χ4n) is 3.17. The Morgan fingerprint density at radius 2 is 1.77 bits per heavy atom. The van der Waals surface area contributed by atoms with E-state index >= 15 is 0 Å². The zero-order valence-electron chi connectivity index (χ0n) is 15.9. The molecule has 0 radical (unpaired) electrons. The summed E-state index contributed by atoms with van der Waals surface area (Å²) in [6.07, 6.45) is -2.89. The maximum atomic E-state index is 12.9. The third kappa shape index (κ3) is 3.70. The van der Waals surface area contributed by atoms with Gasteiger partial charge in [-0.1, -0.05) is 23.9 Å². The predicted octanol–water partition coefficient (Wildman–Crippen LogP) is 5.92. The minimum absolute atomic E-state index is 0.278. The number of thiocarbonyl (C=S) groups is 1. The number of benzene rings is 1. The minimum Gasteiger partial charge on any atom is -0.457 e. The lowest BCUT2D eigenvalue weighted by molar-refractivity contribution is -0.137. The first kappa shape index (κ1) is 20.5. The van der Waals surface area contributed by atoms with Gasteiger partial charge < -0.3 is 4.42 Å². The van der Waals surface area contributed by atoms with Crippen LogP contribution in [-0.4, -0.2) is 14.9 Å². The number of furan rings is 1. The van der Waals surface area contributed by atoms with E-state index in [1.807, 2.05) is 26.0 Å². The molecule has 0 atom stereocenters. The summed E-state index contributed by atoms with van der Waals surface area (Å²) in [5.41, 5.74) is 1.29. The van der Waals surface area contributed by atoms with Crippen LogP contribution in [0.3, 0.4) is 0 Å². The molecule has 4 rings (SSSR count). The summed E-state index contributed by atoms with van der Waals surface area (Å²) in [6, 6.07) is 11.9. The summed E-state index contributed by atoms with van der Waals surface area (Å²) in [7, 11) is 0. The van der Waals surface area contributed by atoms with Crippen molar-refractivity contribution in [3.8, 4) is 11.3 Å². The molecule has 3 heterocycles. The van der Waals surface area contributed by atoms with Gasteiger partial charge >= 0.3 is 6.18 Å². The Labute approximate surface area is 179 Å². The molecule has 0 bridgehead atoms. The topological polar surface area (TPSA) is 38.4 Å². The Morgan fingerprint density at radius 1 is 1.07 bits per heavy atom. The molecule has 30 heavy (non-hydrogen) atoms. The molecular weight excluding hydrogens is 433 g/mol. The molecule has 0 spiro atoms. The number of aryl methyl sites for hydroxylation is 2. The van der Waals surface area contributed by atoms with Gasteiger partial charge in [-0.25, -0.2) is 0 Å². The van der Waals surface area contributed by atoms with Crippen LogP contribution < -0.4 is 5.01 Å². The molecule has 1 amide bonds. The Bertz CT molecular complexity index is 1170. The first-order valence-electron chi connectivity index (χ1n) is 8.86. The molecule has 0 N–H and O–H groups in total. The number of nitrogens with zero attached hydrogens (tertiary/aromatic N) is 2. The van der Waals surface area contributed by atoms with Crippen LogP contribution in [0, 0.1) is 13.8 Å². The fourth-order valence-corrected chi connectivity index (χ4v) is 4.39. The molecule has 1 fully saturated rings. The van der Waals surface area contributed by atoms with Gasteiger partial charge in [0.2, 0.25) is 0 Å². The molecule has 4 nitrogen and oxygen atoms in total. The van der Waals surface area contributed by atoms with Crippen LogP contribution >= 0.6 is 24.0 Å². The molecule has 9 heteroatoms. The van der Waals surface area contributed by atoms with Gasteiger partial charge in [-0.15, -0.1) is 0 Å². The largest absolute Gasteiger partial charge is 0.457 e. The highest BCUT2D eigenvalue weighted by Gasteiger charge is 2.35. The van der Waals surface area contributed by atoms with E-state index in [0.717, 1.165) is 35.3 Å². The maximum absolute atomic E-state index is 12.9. The van der Waals surface area contributed by atoms with Crippen molar-refractivity contribution in [2.45, 2.75) is 20.0 Å². The lowest BCUT2D eigenvalue weighted by Gasteiger charge is -2.20. The van der Waals surface area contributed by atoms with Gasteiger partial charge in [-0.2, -0.15) is 18.2 Å². The normalized spacial score (nSPS) is 16.2. The molecular formula is C21H15F3N2O2S2. The van der Waals surface area contributed by atoms with Gasteiger partial charge in [0, 0.05) is 23.0 Å². The van der Waals surface area contributed by atoms with Crippen LogP contribution in [0.1, 0.15) is 22.7 Å². The van der Waals surface area contributed by atoms with Crippen LogP contribution in [0.25, 0.3) is 17.4 Å². The summed E-state index contributed by atoms with van der Waals surface area (Å²) in [5, 5.41) is 1.42.